The van der Waals surface area contributed by atoms with Crippen LogP contribution in [0.3, 0.4) is 0 Å². The van der Waals surface area contributed by atoms with Crippen LogP contribution in [0.1, 0.15) is 37.7 Å². The number of aliphatic imine (C=N–C) groups is 1. The third-order valence-corrected chi connectivity index (χ3v) is 5.75. The summed E-state index contributed by atoms with van der Waals surface area (Å²) in [5.74, 6) is 1.67. The van der Waals surface area contributed by atoms with Gasteiger partial charge in [-0.25, -0.2) is 0 Å². The van der Waals surface area contributed by atoms with Gasteiger partial charge in [-0.1, -0.05) is 23.7 Å². The molecule has 0 atom stereocenters. The molecule has 2 N–H and O–H groups in total. The fraction of sp³-hybridized carbons (Fsp3) is 0.667. The lowest BCUT2D eigenvalue weighted by molar-refractivity contribution is 0.0514. The molecule has 0 radical (unpaired) electrons. The fourth-order valence-electron chi connectivity index (χ4n) is 3.54. The van der Waals surface area contributed by atoms with Crippen LogP contribution in [0.5, 0.6) is 0 Å². The summed E-state index contributed by atoms with van der Waals surface area (Å²) in [4.78, 5) is 4.37. The second-order valence-electron chi connectivity index (χ2n) is 7.63. The van der Waals surface area contributed by atoms with Crippen molar-refractivity contribution in [2.24, 2.45) is 10.9 Å². The summed E-state index contributed by atoms with van der Waals surface area (Å²) in [6, 6.07) is 8.22. The lowest BCUT2D eigenvalue weighted by Crippen LogP contribution is -2.48. The molecule has 150 valence electrons. The van der Waals surface area contributed by atoms with Crippen LogP contribution in [0.15, 0.2) is 29.3 Å². The summed E-state index contributed by atoms with van der Waals surface area (Å²) < 4.78 is 11.3. The summed E-state index contributed by atoms with van der Waals surface area (Å²) in [6.07, 6.45) is 5.63. The monoisotopic (exact) mass is 393 g/mol. The Balaban J connectivity index is 1.47. The Kier molecular flexibility index (Phi) is 7.80. The largest absolute Gasteiger partial charge is 0.381 e. The van der Waals surface area contributed by atoms with Crippen LogP contribution in [0.4, 0.5) is 0 Å². The van der Waals surface area contributed by atoms with Crippen molar-refractivity contribution < 1.29 is 9.47 Å². The maximum atomic E-state index is 6.25. The van der Waals surface area contributed by atoms with Crippen LogP contribution in [0.2, 0.25) is 5.02 Å². The first-order valence-corrected chi connectivity index (χ1v) is 10.5. The van der Waals surface area contributed by atoms with E-state index in [1.165, 1.54) is 18.4 Å². The molecule has 0 spiro atoms. The van der Waals surface area contributed by atoms with Crippen molar-refractivity contribution in [2.45, 2.75) is 37.5 Å². The number of halogens is 1. The zero-order valence-electron chi connectivity index (χ0n) is 16.3. The summed E-state index contributed by atoms with van der Waals surface area (Å²) in [6.45, 7) is 4.96. The number of guanidine groups is 1. The molecule has 0 unspecified atom stereocenters. The Morgan fingerprint density at radius 1 is 1.30 bits per heavy atom. The van der Waals surface area contributed by atoms with E-state index in [0.717, 1.165) is 75.7 Å². The Morgan fingerprint density at radius 2 is 2.11 bits per heavy atom. The number of hydrogen-bond donors (Lipinski definition) is 2. The highest BCUT2D eigenvalue weighted by molar-refractivity contribution is 6.30. The lowest BCUT2D eigenvalue weighted by Gasteiger charge is -2.38. The van der Waals surface area contributed by atoms with Gasteiger partial charge in [0, 0.05) is 57.0 Å². The van der Waals surface area contributed by atoms with Crippen molar-refractivity contribution in [3.05, 3.63) is 34.9 Å². The zero-order valence-corrected chi connectivity index (χ0v) is 17.1. The summed E-state index contributed by atoms with van der Waals surface area (Å²) in [5.41, 5.74) is 1.29. The van der Waals surface area contributed by atoms with E-state index >= 15 is 0 Å². The average molecular weight is 394 g/mol. The van der Waals surface area contributed by atoms with Crippen LogP contribution >= 0.6 is 11.6 Å². The number of nitrogens with zero attached hydrogens (tertiary/aromatic N) is 1. The lowest BCUT2D eigenvalue weighted by atomic mass is 9.74. The van der Waals surface area contributed by atoms with Crippen LogP contribution in [-0.2, 0) is 14.9 Å². The Morgan fingerprint density at radius 3 is 2.81 bits per heavy atom. The van der Waals surface area contributed by atoms with Gasteiger partial charge in [-0.3, -0.25) is 4.99 Å². The highest BCUT2D eigenvalue weighted by atomic mass is 35.5. The molecular formula is C21H32ClN3O2. The van der Waals surface area contributed by atoms with E-state index in [0.29, 0.717) is 0 Å². The molecular weight excluding hydrogens is 362 g/mol. The highest BCUT2D eigenvalue weighted by Crippen LogP contribution is 2.35. The minimum atomic E-state index is 0.0220. The standard InChI is InChI=1S/C21H32ClN3O2/c1-23-20(24-10-3-11-27-15-17-6-7-17)25-16-21(8-12-26-13-9-21)18-4-2-5-19(22)14-18/h2,4-5,14,17H,3,6-13,15-16H2,1H3,(H2,23,24,25). The molecule has 3 rings (SSSR count). The number of ether oxygens (including phenoxy) is 2. The second-order valence-corrected chi connectivity index (χ2v) is 8.06. The van der Waals surface area contributed by atoms with Crippen LogP contribution in [-0.4, -0.2) is 52.5 Å². The van der Waals surface area contributed by atoms with Crippen molar-refractivity contribution in [3.8, 4) is 0 Å². The molecule has 1 aliphatic heterocycles. The molecule has 5 nitrogen and oxygen atoms in total. The minimum Gasteiger partial charge on any atom is -0.381 e. The van der Waals surface area contributed by atoms with Crippen molar-refractivity contribution >= 4 is 17.6 Å². The van der Waals surface area contributed by atoms with Crippen molar-refractivity contribution in [3.63, 3.8) is 0 Å². The van der Waals surface area contributed by atoms with Crippen molar-refractivity contribution in [1.29, 1.82) is 0 Å². The minimum absolute atomic E-state index is 0.0220. The molecule has 0 amide bonds. The van der Waals surface area contributed by atoms with Gasteiger partial charge >= 0.3 is 0 Å². The van der Waals surface area contributed by atoms with Gasteiger partial charge in [0.25, 0.3) is 0 Å². The maximum absolute atomic E-state index is 6.25. The van der Waals surface area contributed by atoms with Gasteiger partial charge in [0.15, 0.2) is 5.96 Å². The molecule has 0 aromatic heterocycles. The smallest absolute Gasteiger partial charge is 0.191 e. The number of hydrogen-bond acceptors (Lipinski definition) is 3. The molecule has 1 aromatic rings. The van der Waals surface area contributed by atoms with E-state index in [1.54, 1.807) is 0 Å². The molecule has 2 aliphatic rings. The van der Waals surface area contributed by atoms with E-state index < -0.39 is 0 Å². The molecule has 1 aliphatic carbocycles. The van der Waals surface area contributed by atoms with Crippen LogP contribution < -0.4 is 10.6 Å². The maximum Gasteiger partial charge on any atom is 0.191 e. The third kappa shape index (κ3) is 6.37. The van der Waals surface area contributed by atoms with Gasteiger partial charge < -0.3 is 20.1 Å². The SMILES string of the molecule is CN=C(NCCCOCC1CC1)NCC1(c2cccc(Cl)c2)CCOCC1. The fourth-order valence-corrected chi connectivity index (χ4v) is 3.73. The molecule has 1 heterocycles. The number of benzene rings is 1. The van der Waals surface area contributed by atoms with Gasteiger partial charge in [0.2, 0.25) is 0 Å². The predicted molar refractivity (Wildman–Crippen MR) is 111 cm³/mol. The predicted octanol–water partition coefficient (Wildman–Crippen LogP) is 3.37. The van der Waals surface area contributed by atoms with Crippen molar-refractivity contribution in [1.82, 2.24) is 10.6 Å². The van der Waals surface area contributed by atoms with Crippen LogP contribution in [0, 0.1) is 5.92 Å². The van der Waals surface area contributed by atoms with E-state index in [9.17, 15) is 0 Å². The van der Waals surface area contributed by atoms with Crippen LogP contribution in [0.25, 0.3) is 0 Å². The summed E-state index contributed by atoms with van der Waals surface area (Å²) in [7, 11) is 1.81. The van der Waals surface area contributed by atoms with E-state index in [2.05, 4.69) is 27.8 Å². The first kappa shape index (κ1) is 20.4. The highest BCUT2D eigenvalue weighted by Gasteiger charge is 2.34. The van der Waals surface area contributed by atoms with E-state index in [1.807, 2.05) is 19.2 Å². The number of rotatable bonds is 9. The van der Waals surface area contributed by atoms with Gasteiger partial charge in [-0.15, -0.1) is 0 Å². The second kappa shape index (κ2) is 10.3. The van der Waals surface area contributed by atoms with Gasteiger partial charge in [0.1, 0.15) is 0 Å². The Bertz CT molecular complexity index is 613. The summed E-state index contributed by atoms with van der Waals surface area (Å²) >= 11 is 6.25. The molecule has 1 saturated heterocycles. The molecule has 1 saturated carbocycles. The molecule has 0 bridgehead atoms. The molecule has 6 heteroatoms. The van der Waals surface area contributed by atoms with E-state index in [4.69, 9.17) is 21.1 Å². The zero-order chi connectivity index (χ0) is 19.0. The van der Waals surface area contributed by atoms with Gasteiger partial charge in [-0.05, 0) is 55.7 Å². The third-order valence-electron chi connectivity index (χ3n) is 5.51. The molecule has 1 aromatic carbocycles. The van der Waals surface area contributed by atoms with Crippen molar-refractivity contribution in [2.75, 3.05) is 46.6 Å². The topological polar surface area (TPSA) is 54.9 Å². The van der Waals surface area contributed by atoms with Gasteiger partial charge in [-0.2, -0.15) is 0 Å². The Hall–Kier alpha value is -1.30. The normalized spacial score (nSPS) is 19.7. The number of nitrogens with one attached hydrogen (secondary N) is 2. The first-order chi connectivity index (χ1) is 13.2. The molecule has 27 heavy (non-hydrogen) atoms. The average Bonchev–Trinajstić information content (AvgIpc) is 3.52. The Labute approximate surface area is 167 Å². The summed E-state index contributed by atoms with van der Waals surface area (Å²) in [5, 5.41) is 7.70. The first-order valence-electron chi connectivity index (χ1n) is 10.1. The quantitative estimate of drug-likeness (QED) is 0.383. The van der Waals surface area contributed by atoms with Gasteiger partial charge in [0.05, 0.1) is 0 Å². The van der Waals surface area contributed by atoms with E-state index in [-0.39, 0.29) is 5.41 Å². The molecule has 2 fully saturated rings.